The van der Waals surface area contributed by atoms with Crippen LogP contribution in [0.25, 0.3) is 5.65 Å². The molecule has 10 heteroatoms. The maximum atomic E-state index is 13.0. The lowest BCUT2D eigenvalue weighted by Gasteiger charge is -2.17. The van der Waals surface area contributed by atoms with Crippen molar-refractivity contribution >= 4 is 33.4 Å². The third-order valence-corrected chi connectivity index (χ3v) is 6.42. The largest absolute Gasteiger partial charge is 0.478 e. The number of hydrogen-bond donors (Lipinski definition) is 2. The van der Waals surface area contributed by atoms with Crippen molar-refractivity contribution in [3.05, 3.63) is 59.5 Å². The zero-order valence-electron chi connectivity index (χ0n) is 15.4. The molecule has 1 atom stereocenters. The first-order valence-electron chi connectivity index (χ1n) is 8.48. The van der Waals surface area contributed by atoms with Crippen molar-refractivity contribution in [1.29, 1.82) is 0 Å². The highest BCUT2D eigenvalue weighted by Gasteiger charge is 2.26. The van der Waals surface area contributed by atoms with Crippen LogP contribution >= 0.6 is 11.8 Å². The Morgan fingerprint density at radius 3 is 2.79 bits per heavy atom. The van der Waals surface area contributed by atoms with E-state index in [0.29, 0.717) is 29.2 Å². The van der Waals surface area contributed by atoms with Crippen LogP contribution < -0.4 is 4.72 Å². The fourth-order valence-electron chi connectivity index (χ4n) is 2.83. The van der Waals surface area contributed by atoms with Crippen LogP contribution in [0.2, 0.25) is 0 Å². The number of hydrogen-bond acceptors (Lipinski definition) is 6. The van der Waals surface area contributed by atoms with Gasteiger partial charge in [-0.2, -0.15) is 11.8 Å². The summed E-state index contributed by atoms with van der Waals surface area (Å²) in [5.41, 5.74) is 1.07. The lowest BCUT2D eigenvalue weighted by atomic mass is 10.1. The van der Waals surface area contributed by atoms with Crippen LogP contribution in [-0.4, -0.2) is 46.1 Å². The summed E-state index contributed by atoms with van der Waals surface area (Å²) in [5, 5.41) is 17.5. The molecular formula is C18H20N4O4S2. The van der Waals surface area contributed by atoms with Crippen LogP contribution in [0.5, 0.6) is 0 Å². The second-order valence-corrected chi connectivity index (χ2v) is 8.92. The molecule has 2 aromatic heterocycles. The lowest BCUT2D eigenvalue weighted by molar-refractivity contribution is 0.0696. The van der Waals surface area contributed by atoms with E-state index in [2.05, 4.69) is 14.9 Å². The predicted octanol–water partition coefficient (Wildman–Crippen LogP) is 2.51. The minimum atomic E-state index is -3.96. The summed E-state index contributed by atoms with van der Waals surface area (Å²) in [6.07, 6.45) is 4.22. The number of aromatic carboxylic acids is 1. The van der Waals surface area contributed by atoms with Crippen molar-refractivity contribution in [2.24, 2.45) is 0 Å². The molecule has 0 bridgehead atoms. The van der Waals surface area contributed by atoms with Crippen molar-refractivity contribution < 1.29 is 18.3 Å². The highest BCUT2D eigenvalue weighted by molar-refractivity contribution is 7.98. The number of nitrogens with zero attached hydrogens (tertiary/aromatic N) is 3. The Bertz CT molecular complexity index is 1110. The first-order chi connectivity index (χ1) is 13.3. The molecule has 3 aromatic rings. The van der Waals surface area contributed by atoms with E-state index in [9.17, 15) is 18.3 Å². The summed E-state index contributed by atoms with van der Waals surface area (Å²) >= 11 is 1.59. The number of carboxylic acid groups (broad SMARTS) is 1. The number of pyridine rings is 1. The van der Waals surface area contributed by atoms with Gasteiger partial charge < -0.3 is 5.11 Å². The minimum absolute atomic E-state index is 0.0449. The second kappa shape index (κ2) is 8.29. The number of rotatable bonds is 8. The van der Waals surface area contributed by atoms with E-state index in [1.807, 2.05) is 18.4 Å². The summed E-state index contributed by atoms with van der Waals surface area (Å²) in [7, 11) is -3.96. The third-order valence-electron chi connectivity index (χ3n) is 4.31. The molecule has 0 unspecified atom stereocenters. The molecule has 0 aliphatic heterocycles. The summed E-state index contributed by atoms with van der Waals surface area (Å²) < 4.78 is 30.3. The molecule has 0 saturated heterocycles. The van der Waals surface area contributed by atoms with Crippen LogP contribution in [0.3, 0.4) is 0 Å². The molecule has 0 fully saturated rings. The van der Waals surface area contributed by atoms with Gasteiger partial charge in [0, 0.05) is 6.20 Å². The SMILES string of the molecule is CSCC[C@H](NS(=O)(=O)c1ccc(C)c(C(=O)O)c1)c1nnc2ccccn12. The van der Waals surface area contributed by atoms with Crippen LogP contribution in [0.1, 0.15) is 34.2 Å². The van der Waals surface area contributed by atoms with E-state index in [1.165, 1.54) is 18.2 Å². The third kappa shape index (κ3) is 4.18. The lowest BCUT2D eigenvalue weighted by Crippen LogP contribution is -2.30. The Morgan fingerprint density at radius 1 is 1.29 bits per heavy atom. The fourth-order valence-corrected chi connectivity index (χ4v) is 4.55. The van der Waals surface area contributed by atoms with Crippen molar-refractivity contribution in [2.75, 3.05) is 12.0 Å². The van der Waals surface area contributed by atoms with E-state index in [4.69, 9.17) is 0 Å². The van der Waals surface area contributed by atoms with Gasteiger partial charge in [0.1, 0.15) is 0 Å². The van der Waals surface area contributed by atoms with Crippen LogP contribution in [0, 0.1) is 6.92 Å². The molecular weight excluding hydrogens is 400 g/mol. The van der Waals surface area contributed by atoms with E-state index in [1.54, 1.807) is 35.3 Å². The smallest absolute Gasteiger partial charge is 0.335 e. The zero-order valence-corrected chi connectivity index (χ0v) is 17.0. The molecule has 1 aromatic carbocycles. The number of carbonyl (C=O) groups is 1. The Balaban J connectivity index is 1.98. The first-order valence-corrected chi connectivity index (χ1v) is 11.4. The molecule has 0 aliphatic carbocycles. The molecule has 0 aliphatic rings. The van der Waals surface area contributed by atoms with Gasteiger partial charge in [-0.1, -0.05) is 12.1 Å². The van der Waals surface area contributed by atoms with Crippen LogP contribution in [-0.2, 0) is 10.0 Å². The fraction of sp³-hybridized carbons (Fsp3) is 0.278. The van der Waals surface area contributed by atoms with Crippen molar-refractivity contribution in [3.8, 4) is 0 Å². The van der Waals surface area contributed by atoms with Gasteiger partial charge in [-0.05, 0) is 55.2 Å². The number of carboxylic acids is 1. The molecule has 0 spiro atoms. The number of fused-ring (bicyclic) bond motifs is 1. The standard InChI is InChI=1S/C18H20N4O4S2/c1-12-6-7-13(11-14(12)18(23)24)28(25,26)21-15(8-10-27-2)17-20-19-16-5-3-4-9-22(16)17/h3-7,9,11,15,21H,8,10H2,1-2H3,(H,23,24)/t15-/m0/s1. The van der Waals surface area contributed by atoms with Gasteiger partial charge in [0.2, 0.25) is 10.0 Å². The number of aromatic nitrogens is 3. The quantitative estimate of drug-likeness (QED) is 0.575. The Hall–Kier alpha value is -2.43. The highest BCUT2D eigenvalue weighted by Crippen LogP contribution is 2.23. The van der Waals surface area contributed by atoms with Gasteiger partial charge in [0.25, 0.3) is 0 Å². The number of nitrogens with one attached hydrogen (secondary N) is 1. The van der Waals surface area contributed by atoms with Crippen LogP contribution in [0.15, 0.2) is 47.5 Å². The van der Waals surface area contributed by atoms with Crippen LogP contribution in [0.4, 0.5) is 0 Å². The minimum Gasteiger partial charge on any atom is -0.478 e. The Labute approximate surface area is 167 Å². The predicted molar refractivity (Wildman–Crippen MR) is 107 cm³/mol. The molecule has 2 N–H and O–H groups in total. The van der Waals surface area contributed by atoms with Crippen molar-refractivity contribution in [1.82, 2.24) is 19.3 Å². The topological polar surface area (TPSA) is 114 Å². The summed E-state index contributed by atoms with van der Waals surface area (Å²) in [6, 6.07) is 8.89. The average molecular weight is 421 g/mol. The maximum Gasteiger partial charge on any atom is 0.335 e. The van der Waals surface area contributed by atoms with Gasteiger partial charge in [0.15, 0.2) is 11.5 Å². The van der Waals surface area contributed by atoms with Gasteiger partial charge in [0.05, 0.1) is 16.5 Å². The second-order valence-electron chi connectivity index (χ2n) is 6.22. The number of benzene rings is 1. The monoisotopic (exact) mass is 420 g/mol. The van der Waals surface area contributed by atoms with Gasteiger partial charge >= 0.3 is 5.97 Å². The van der Waals surface area contributed by atoms with Gasteiger partial charge in [-0.25, -0.2) is 17.9 Å². The Morgan fingerprint density at radius 2 is 2.07 bits per heavy atom. The van der Waals surface area contributed by atoms with Gasteiger partial charge in [-0.3, -0.25) is 4.40 Å². The summed E-state index contributed by atoms with van der Waals surface area (Å²) in [5.74, 6) is 0.0270. The Kier molecular flexibility index (Phi) is 6.01. The highest BCUT2D eigenvalue weighted by atomic mass is 32.2. The molecule has 8 nitrogen and oxygen atoms in total. The molecule has 148 valence electrons. The molecule has 2 heterocycles. The zero-order chi connectivity index (χ0) is 20.3. The first kappa shape index (κ1) is 20.3. The van der Waals surface area contributed by atoms with Crippen molar-refractivity contribution in [3.63, 3.8) is 0 Å². The normalized spacial score (nSPS) is 12.9. The summed E-state index contributed by atoms with van der Waals surface area (Å²) in [6.45, 7) is 1.62. The number of thioether (sulfide) groups is 1. The molecule has 0 radical (unpaired) electrons. The molecule has 28 heavy (non-hydrogen) atoms. The maximum absolute atomic E-state index is 13.0. The van der Waals surface area contributed by atoms with E-state index in [0.717, 1.165) is 0 Å². The van der Waals surface area contributed by atoms with Gasteiger partial charge in [-0.15, -0.1) is 10.2 Å². The van der Waals surface area contributed by atoms with E-state index in [-0.39, 0.29) is 10.5 Å². The molecule has 3 rings (SSSR count). The average Bonchev–Trinajstić information content (AvgIpc) is 3.09. The number of sulfonamides is 1. The molecule has 0 saturated carbocycles. The number of aryl methyl sites for hydroxylation is 1. The molecule has 0 amide bonds. The summed E-state index contributed by atoms with van der Waals surface area (Å²) in [4.78, 5) is 11.3. The van der Waals surface area contributed by atoms with E-state index < -0.39 is 22.0 Å². The van der Waals surface area contributed by atoms with E-state index >= 15 is 0 Å². The van der Waals surface area contributed by atoms with Crippen molar-refractivity contribution in [2.45, 2.75) is 24.3 Å².